The molecule has 2 saturated heterocycles. The third-order valence-electron chi connectivity index (χ3n) is 6.56. The van der Waals surface area contributed by atoms with E-state index in [2.05, 4.69) is 15.0 Å². The molecule has 32 heavy (non-hydrogen) atoms. The Kier molecular flexibility index (Phi) is 4.28. The molecule has 4 aromatic rings. The summed E-state index contributed by atoms with van der Waals surface area (Å²) in [6, 6.07) is 12.7. The summed E-state index contributed by atoms with van der Waals surface area (Å²) in [5.74, 6) is 0.164. The summed E-state index contributed by atoms with van der Waals surface area (Å²) in [5, 5.41) is 4.31. The predicted molar refractivity (Wildman–Crippen MR) is 117 cm³/mol. The van der Waals surface area contributed by atoms with E-state index in [4.69, 9.17) is 4.42 Å². The molecule has 0 N–H and O–H groups in total. The molecule has 8 heteroatoms. The Hall–Kier alpha value is -3.68. The van der Waals surface area contributed by atoms with Crippen molar-refractivity contribution in [3.63, 3.8) is 0 Å². The number of aryl methyl sites for hydroxylation is 1. The largest absolute Gasteiger partial charge is 0.423 e. The smallest absolute Gasteiger partial charge is 0.298 e. The first-order chi connectivity index (χ1) is 15.6. The Bertz CT molecular complexity index is 1320. The molecule has 0 spiro atoms. The number of aromatic nitrogens is 3. The van der Waals surface area contributed by atoms with Crippen LogP contribution in [0.3, 0.4) is 0 Å². The van der Waals surface area contributed by atoms with Crippen molar-refractivity contribution in [2.45, 2.75) is 19.4 Å². The highest BCUT2D eigenvalue weighted by Crippen LogP contribution is 2.38. The molecule has 6 rings (SSSR count). The molecule has 0 radical (unpaired) electrons. The molecule has 0 unspecified atom stereocenters. The van der Waals surface area contributed by atoms with Crippen molar-refractivity contribution < 1.29 is 13.6 Å². The van der Waals surface area contributed by atoms with Crippen molar-refractivity contribution in [2.24, 2.45) is 5.92 Å². The molecular formula is C24H22FN5O2. The lowest BCUT2D eigenvalue weighted by molar-refractivity contribution is 0.0583. The van der Waals surface area contributed by atoms with Crippen molar-refractivity contribution in [1.29, 1.82) is 0 Å². The van der Waals surface area contributed by atoms with Gasteiger partial charge in [0.15, 0.2) is 5.58 Å². The molecule has 2 aromatic heterocycles. The lowest BCUT2D eigenvalue weighted by Gasteiger charge is -2.52. The third-order valence-corrected chi connectivity index (χ3v) is 6.56. The van der Waals surface area contributed by atoms with E-state index in [1.54, 1.807) is 16.9 Å². The van der Waals surface area contributed by atoms with Crippen molar-refractivity contribution in [3.05, 3.63) is 71.8 Å². The molecule has 4 heterocycles. The number of carbonyl (C=O) groups excluding carboxylic acids is 1. The Morgan fingerprint density at radius 2 is 2.09 bits per heavy atom. The molecule has 162 valence electrons. The van der Waals surface area contributed by atoms with Gasteiger partial charge in [-0.3, -0.25) is 4.79 Å². The normalized spacial score (nSPS) is 20.3. The number of amides is 1. The minimum Gasteiger partial charge on any atom is -0.423 e. The molecule has 0 bridgehead atoms. The molecule has 1 amide bonds. The average molecular weight is 431 g/mol. The standard InChI is InChI=1S/C24H22FN5O2/c1-15-3-5-20(30-9-2-8-26-30)18(11-15)23(31)28-10-7-16-13-29(21(16)14-28)24-27-19-12-17(25)4-6-22(19)32-24/h2-6,8-9,11-12,16,21H,7,10,13-14H2,1H3/t16-,21-/m0/s1. The summed E-state index contributed by atoms with van der Waals surface area (Å²) in [4.78, 5) is 22.0. The molecule has 2 aliphatic heterocycles. The van der Waals surface area contributed by atoms with E-state index >= 15 is 0 Å². The third kappa shape index (κ3) is 3.05. The lowest BCUT2D eigenvalue weighted by Crippen LogP contribution is -2.65. The highest BCUT2D eigenvalue weighted by molar-refractivity contribution is 5.98. The second-order valence-electron chi connectivity index (χ2n) is 8.60. The first-order valence-electron chi connectivity index (χ1n) is 10.8. The van der Waals surface area contributed by atoms with E-state index in [9.17, 15) is 9.18 Å². The maximum Gasteiger partial charge on any atom is 0.298 e. The Morgan fingerprint density at radius 3 is 2.94 bits per heavy atom. The zero-order valence-corrected chi connectivity index (χ0v) is 17.6. The Morgan fingerprint density at radius 1 is 1.19 bits per heavy atom. The van der Waals surface area contributed by atoms with Crippen LogP contribution in [0.1, 0.15) is 22.3 Å². The number of oxazole rings is 1. The summed E-state index contributed by atoms with van der Waals surface area (Å²) in [6.45, 7) is 4.15. The van der Waals surface area contributed by atoms with Crippen molar-refractivity contribution in [1.82, 2.24) is 19.7 Å². The molecule has 7 nitrogen and oxygen atoms in total. The fourth-order valence-corrected chi connectivity index (χ4v) is 4.81. The molecule has 2 atom stereocenters. The molecule has 2 aromatic carbocycles. The Labute approximate surface area is 184 Å². The fraction of sp³-hybridized carbons (Fsp3) is 0.292. The zero-order valence-electron chi connectivity index (χ0n) is 17.6. The summed E-state index contributed by atoms with van der Waals surface area (Å²) in [6.07, 6.45) is 4.49. The van der Waals surface area contributed by atoms with Gasteiger partial charge >= 0.3 is 0 Å². The van der Waals surface area contributed by atoms with Crippen molar-refractivity contribution in [2.75, 3.05) is 24.5 Å². The van der Waals surface area contributed by atoms with Gasteiger partial charge in [-0.2, -0.15) is 10.1 Å². The van der Waals surface area contributed by atoms with Crippen LogP contribution in [-0.2, 0) is 0 Å². The first kappa shape index (κ1) is 19.0. The van der Waals surface area contributed by atoms with Crippen LogP contribution in [0.25, 0.3) is 16.8 Å². The van der Waals surface area contributed by atoms with Gasteiger partial charge in [-0.15, -0.1) is 0 Å². The maximum atomic E-state index is 13.6. The highest BCUT2D eigenvalue weighted by Gasteiger charge is 2.45. The van der Waals surface area contributed by atoms with E-state index in [0.717, 1.165) is 30.8 Å². The molecule has 0 aliphatic carbocycles. The fourth-order valence-electron chi connectivity index (χ4n) is 4.81. The monoisotopic (exact) mass is 431 g/mol. The van der Waals surface area contributed by atoms with Crippen LogP contribution in [0.5, 0.6) is 0 Å². The summed E-state index contributed by atoms with van der Waals surface area (Å²) >= 11 is 0. The van der Waals surface area contributed by atoms with Crippen molar-refractivity contribution >= 4 is 23.0 Å². The number of rotatable bonds is 3. The SMILES string of the molecule is Cc1ccc(-n2cccn2)c(C(=O)N2CC[C@H]3CN(c4nc5cc(F)ccc5o4)[C@H]3C2)c1. The maximum absolute atomic E-state index is 13.6. The van der Waals surface area contributed by atoms with Gasteiger partial charge < -0.3 is 14.2 Å². The van der Waals surface area contributed by atoms with Crippen molar-refractivity contribution in [3.8, 4) is 5.69 Å². The van der Waals surface area contributed by atoms with E-state index < -0.39 is 0 Å². The topological polar surface area (TPSA) is 67.4 Å². The average Bonchev–Trinajstić information content (AvgIpc) is 3.44. The molecule has 2 fully saturated rings. The number of fused-ring (bicyclic) bond motifs is 2. The van der Waals surface area contributed by atoms with Gasteiger partial charge in [-0.1, -0.05) is 11.6 Å². The number of nitrogens with zero attached hydrogens (tertiary/aromatic N) is 5. The number of benzene rings is 2. The lowest BCUT2D eigenvalue weighted by atomic mass is 9.82. The summed E-state index contributed by atoms with van der Waals surface area (Å²) in [5.41, 5.74) is 3.53. The number of carbonyl (C=O) groups is 1. The number of hydrogen-bond acceptors (Lipinski definition) is 5. The van der Waals surface area contributed by atoms with Crippen LogP contribution in [0.2, 0.25) is 0 Å². The second-order valence-corrected chi connectivity index (χ2v) is 8.60. The van der Waals surface area contributed by atoms with E-state index in [1.165, 1.54) is 12.1 Å². The highest BCUT2D eigenvalue weighted by atomic mass is 19.1. The summed E-state index contributed by atoms with van der Waals surface area (Å²) < 4.78 is 21.1. The second kappa shape index (κ2) is 7.19. The Balaban J connectivity index is 1.26. The molecule has 0 saturated carbocycles. The van der Waals surface area contributed by atoms with E-state index in [0.29, 0.717) is 35.1 Å². The number of piperidine rings is 1. The number of anilines is 1. The van der Waals surface area contributed by atoms with Gasteiger partial charge in [0.05, 0.1) is 17.3 Å². The van der Waals surface area contributed by atoms with Gasteiger partial charge in [-0.05, 0) is 43.7 Å². The number of hydrogen-bond donors (Lipinski definition) is 0. The zero-order chi connectivity index (χ0) is 21.8. The first-order valence-corrected chi connectivity index (χ1v) is 10.8. The van der Waals surface area contributed by atoms with Crippen LogP contribution >= 0.6 is 0 Å². The van der Waals surface area contributed by atoms with Gasteiger partial charge in [0, 0.05) is 44.0 Å². The van der Waals surface area contributed by atoms with Crippen LogP contribution in [-0.4, -0.2) is 51.2 Å². The van der Waals surface area contributed by atoms with E-state index in [1.807, 2.05) is 42.3 Å². The summed E-state index contributed by atoms with van der Waals surface area (Å²) in [7, 11) is 0. The van der Waals surface area contributed by atoms with Gasteiger partial charge in [-0.25, -0.2) is 9.07 Å². The molecular weight excluding hydrogens is 409 g/mol. The van der Waals surface area contributed by atoms with Gasteiger partial charge in [0.25, 0.3) is 11.9 Å². The minimum atomic E-state index is -0.334. The molecule has 2 aliphatic rings. The number of halogens is 1. The quantitative estimate of drug-likeness (QED) is 0.494. The van der Waals surface area contributed by atoms with Crippen LogP contribution < -0.4 is 4.90 Å². The van der Waals surface area contributed by atoms with Gasteiger partial charge in [0.2, 0.25) is 0 Å². The van der Waals surface area contributed by atoms with Gasteiger partial charge in [0.1, 0.15) is 11.3 Å². The predicted octanol–water partition coefficient (Wildman–Crippen LogP) is 3.81. The number of likely N-dealkylation sites (tertiary alicyclic amines) is 1. The van der Waals surface area contributed by atoms with Crippen LogP contribution in [0.15, 0.2) is 59.3 Å². The van der Waals surface area contributed by atoms with Crippen LogP contribution in [0.4, 0.5) is 10.4 Å². The van der Waals surface area contributed by atoms with E-state index in [-0.39, 0.29) is 17.8 Å². The minimum absolute atomic E-state index is 0.00383. The van der Waals surface area contributed by atoms with Crippen LogP contribution in [0, 0.1) is 18.7 Å².